The zero-order chi connectivity index (χ0) is 22.8. The highest BCUT2D eigenvalue weighted by atomic mass is 16.5. The summed E-state index contributed by atoms with van der Waals surface area (Å²) in [4.78, 5) is 26.2. The molecule has 0 spiro atoms. The summed E-state index contributed by atoms with van der Waals surface area (Å²) in [5, 5.41) is 16.7. The molecule has 7 nitrogen and oxygen atoms in total. The van der Waals surface area contributed by atoms with Gasteiger partial charge in [0.2, 0.25) is 5.91 Å². The van der Waals surface area contributed by atoms with Gasteiger partial charge in [-0.3, -0.25) is 9.59 Å². The van der Waals surface area contributed by atoms with Crippen molar-refractivity contribution in [2.24, 2.45) is 5.92 Å². The molecule has 1 aromatic carbocycles. The van der Waals surface area contributed by atoms with Crippen molar-refractivity contribution in [3.05, 3.63) is 35.9 Å². The van der Waals surface area contributed by atoms with Gasteiger partial charge in [-0.15, -0.1) is 0 Å². The number of hydrogen-bond acceptors (Lipinski definition) is 5. The van der Waals surface area contributed by atoms with Gasteiger partial charge in [-0.2, -0.15) is 0 Å². The molecular weight excluding hydrogens is 408 g/mol. The minimum atomic E-state index is -0.250. The number of benzene rings is 1. The third kappa shape index (κ3) is 7.02. The average Bonchev–Trinajstić information content (AvgIpc) is 2.82. The zero-order valence-corrected chi connectivity index (χ0v) is 19.0. The van der Waals surface area contributed by atoms with E-state index in [4.69, 9.17) is 14.6 Å². The van der Waals surface area contributed by atoms with Gasteiger partial charge in [0, 0.05) is 32.6 Å². The van der Waals surface area contributed by atoms with Gasteiger partial charge in [0.15, 0.2) is 0 Å². The standard InChI is InChI=1S/C24H36N2O3.CH2O2/c27-21-11-13-25(14-12-21)18-22-24(20-9-5-2-6-10-20)26(15-16-29-22)23(28)17-19-7-3-1-4-8-19;2-1-3/h2,5-6,9-10,19,21-22,24,27H,1,3-4,7-8,11-18H2;1H,(H,2,3)/t22-,24-;/m0./s1. The fourth-order valence-corrected chi connectivity index (χ4v) is 5.32. The maximum Gasteiger partial charge on any atom is 0.290 e. The van der Waals surface area contributed by atoms with Gasteiger partial charge in [-0.1, -0.05) is 49.6 Å². The van der Waals surface area contributed by atoms with E-state index in [0.29, 0.717) is 31.4 Å². The third-order valence-electron chi connectivity index (χ3n) is 7.00. The maximum absolute atomic E-state index is 13.4. The smallest absolute Gasteiger partial charge is 0.290 e. The van der Waals surface area contributed by atoms with E-state index in [2.05, 4.69) is 34.1 Å². The largest absolute Gasteiger partial charge is 0.483 e. The predicted octanol–water partition coefficient (Wildman–Crippen LogP) is 3.08. The molecular formula is C25H38N2O5. The summed E-state index contributed by atoms with van der Waals surface area (Å²) < 4.78 is 6.25. The first-order chi connectivity index (χ1) is 15.6. The van der Waals surface area contributed by atoms with Gasteiger partial charge >= 0.3 is 0 Å². The summed E-state index contributed by atoms with van der Waals surface area (Å²) in [6.45, 7) is 3.66. The maximum atomic E-state index is 13.4. The zero-order valence-electron chi connectivity index (χ0n) is 19.0. The van der Waals surface area contributed by atoms with Crippen LogP contribution in [0.15, 0.2) is 30.3 Å². The van der Waals surface area contributed by atoms with E-state index in [0.717, 1.165) is 32.5 Å². The molecule has 1 saturated carbocycles. The van der Waals surface area contributed by atoms with Crippen molar-refractivity contribution in [2.75, 3.05) is 32.8 Å². The Balaban J connectivity index is 0.000000913. The second kappa shape index (κ2) is 12.9. The molecule has 2 aliphatic heterocycles. The molecule has 3 aliphatic rings. The summed E-state index contributed by atoms with van der Waals surface area (Å²) in [6, 6.07) is 10.4. The van der Waals surface area contributed by atoms with Gasteiger partial charge < -0.3 is 24.7 Å². The van der Waals surface area contributed by atoms with Crippen molar-refractivity contribution in [2.45, 2.75) is 69.6 Å². The monoisotopic (exact) mass is 446 g/mol. The molecule has 3 fully saturated rings. The first-order valence-electron chi connectivity index (χ1n) is 12.1. The molecule has 1 aliphatic carbocycles. The van der Waals surface area contributed by atoms with Crippen LogP contribution in [0.4, 0.5) is 0 Å². The molecule has 178 valence electrons. The molecule has 1 aromatic rings. The number of likely N-dealkylation sites (tertiary alicyclic amines) is 1. The second-order valence-corrected chi connectivity index (χ2v) is 9.20. The van der Waals surface area contributed by atoms with E-state index in [1.807, 2.05) is 6.07 Å². The lowest BCUT2D eigenvalue weighted by molar-refractivity contribution is -0.150. The molecule has 0 aromatic heterocycles. The predicted molar refractivity (Wildman–Crippen MR) is 122 cm³/mol. The van der Waals surface area contributed by atoms with E-state index >= 15 is 0 Å². The van der Waals surface area contributed by atoms with Crippen LogP contribution < -0.4 is 0 Å². The van der Waals surface area contributed by atoms with Crippen LogP contribution in [-0.2, 0) is 14.3 Å². The average molecular weight is 447 g/mol. The molecule has 0 unspecified atom stereocenters. The third-order valence-corrected chi connectivity index (χ3v) is 7.00. The number of carbonyl (C=O) groups is 2. The highest BCUT2D eigenvalue weighted by Crippen LogP contribution is 2.33. The summed E-state index contributed by atoms with van der Waals surface area (Å²) in [5.41, 5.74) is 1.17. The molecule has 4 rings (SSSR count). The van der Waals surface area contributed by atoms with Gasteiger partial charge in [0.25, 0.3) is 6.47 Å². The molecule has 0 bridgehead atoms. The minimum Gasteiger partial charge on any atom is -0.483 e. The number of aliphatic hydroxyl groups is 1. The first kappa shape index (κ1) is 24.7. The van der Waals surface area contributed by atoms with Crippen LogP contribution in [0.3, 0.4) is 0 Å². The Bertz CT molecular complexity index is 687. The number of morpholine rings is 1. The molecule has 1 amide bonds. The molecule has 2 heterocycles. The molecule has 2 saturated heterocycles. The number of rotatable bonds is 5. The molecule has 7 heteroatoms. The van der Waals surface area contributed by atoms with Crippen molar-refractivity contribution in [1.29, 1.82) is 0 Å². The highest BCUT2D eigenvalue weighted by molar-refractivity contribution is 5.77. The van der Waals surface area contributed by atoms with Crippen LogP contribution in [-0.4, -0.2) is 77.4 Å². The molecule has 2 atom stereocenters. The number of nitrogens with zero attached hydrogens (tertiary/aromatic N) is 2. The van der Waals surface area contributed by atoms with Crippen molar-refractivity contribution >= 4 is 12.4 Å². The van der Waals surface area contributed by atoms with Gasteiger partial charge in [-0.05, 0) is 37.2 Å². The van der Waals surface area contributed by atoms with Crippen LogP contribution in [0.5, 0.6) is 0 Å². The van der Waals surface area contributed by atoms with Crippen LogP contribution in [0.2, 0.25) is 0 Å². The summed E-state index contributed by atoms with van der Waals surface area (Å²) in [6.07, 6.45) is 8.41. The Morgan fingerprint density at radius 1 is 1.03 bits per heavy atom. The van der Waals surface area contributed by atoms with E-state index in [1.54, 1.807) is 0 Å². The lowest BCUT2D eigenvalue weighted by atomic mass is 9.86. The summed E-state index contributed by atoms with van der Waals surface area (Å²) >= 11 is 0. The number of piperidine rings is 1. The van der Waals surface area contributed by atoms with Crippen LogP contribution >= 0.6 is 0 Å². The fourth-order valence-electron chi connectivity index (χ4n) is 5.32. The van der Waals surface area contributed by atoms with Gasteiger partial charge in [-0.25, -0.2) is 0 Å². The number of carboxylic acid groups (broad SMARTS) is 1. The van der Waals surface area contributed by atoms with Crippen molar-refractivity contribution in [1.82, 2.24) is 9.80 Å². The normalized spacial score (nSPS) is 25.6. The van der Waals surface area contributed by atoms with Gasteiger partial charge in [0.05, 0.1) is 24.9 Å². The SMILES string of the molecule is O=C(CC1CCCCC1)N1CCO[C@@H](CN2CCC(O)CC2)[C@@H]1c1ccccc1.O=CO. The molecule has 32 heavy (non-hydrogen) atoms. The Hall–Kier alpha value is -1.96. The number of carbonyl (C=O) groups excluding carboxylic acids is 1. The van der Waals surface area contributed by atoms with E-state index in [9.17, 15) is 9.90 Å². The minimum absolute atomic E-state index is 0.0169. The van der Waals surface area contributed by atoms with Crippen LogP contribution in [0.25, 0.3) is 0 Å². The number of aliphatic hydroxyl groups excluding tert-OH is 1. The topological polar surface area (TPSA) is 90.3 Å². The Morgan fingerprint density at radius 2 is 1.69 bits per heavy atom. The summed E-state index contributed by atoms with van der Waals surface area (Å²) in [5.74, 6) is 0.852. The van der Waals surface area contributed by atoms with Crippen LogP contribution in [0, 0.1) is 5.92 Å². The lowest BCUT2D eigenvalue weighted by Crippen LogP contribution is -2.53. The number of amides is 1. The van der Waals surface area contributed by atoms with E-state index < -0.39 is 0 Å². The Kier molecular flexibility index (Phi) is 9.96. The quantitative estimate of drug-likeness (QED) is 0.676. The van der Waals surface area contributed by atoms with Crippen molar-refractivity contribution in [3.63, 3.8) is 0 Å². The number of hydrogen-bond donors (Lipinski definition) is 2. The number of ether oxygens (including phenoxy) is 1. The highest BCUT2D eigenvalue weighted by Gasteiger charge is 2.38. The lowest BCUT2D eigenvalue weighted by Gasteiger charge is -2.44. The Morgan fingerprint density at radius 3 is 2.34 bits per heavy atom. The second-order valence-electron chi connectivity index (χ2n) is 9.20. The van der Waals surface area contributed by atoms with Gasteiger partial charge in [0.1, 0.15) is 0 Å². The molecule has 0 radical (unpaired) electrons. The summed E-state index contributed by atoms with van der Waals surface area (Å²) in [7, 11) is 0. The Labute approximate surface area is 191 Å². The fraction of sp³-hybridized carbons (Fsp3) is 0.680. The molecule has 2 N–H and O–H groups in total. The first-order valence-corrected chi connectivity index (χ1v) is 12.1. The van der Waals surface area contributed by atoms with E-state index in [-0.39, 0.29) is 24.7 Å². The van der Waals surface area contributed by atoms with Crippen LogP contribution in [0.1, 0.15) is 63.0 Å². The van der Waals surface area contributed by atoms with Crippen molar-refractivity contribution in [3.8, 4) is 0 Å². The van der Waals surface area contributed by atoms with Crippen molar-refractivity contribution < 1.29 is 24.5 Å². The van der Waals surface area contributed by atoms with E-state index in [1.165, 1.54) is 37.7 Å².